The maximum atomic E-state index is 10.3. The molecular formula is C19H22N4O. The summed E-state index contributed by atoms with van der Waals surface area (Å²) < 4.78 is 0. The Morgan fingerprint density at radius 2 is 1.96 bits per heavy atom. The molecule has 5 nitrogen and oxygen atoms in total. The van der Waals surface area contributed by atoms with Crippen LogP contribution >= 0.6 is 0 Å². The number of nitrogens with zero attached hydrogens (tertiary/aromatic N) is 4. The molecule has 2 aromatic rings. The zero-order chi connectivity index (χ0) is 16.8. The second kappa shape index (κ2) is 7.64. The van der Waals surface area contributed by atoms with Gasteiger partial charge in [0.15, 0.2) is 0 Å². The van der Waals surface area contributed by atoms with Crippen molar-refractivity contribution < 1.29 is 5.11 Å². The van der Waals surface area contributed by atoms with Gasteiger partial charge in [0.2, 0.25) is 0 Å². The van der Waals surface area contributed by atoms with E-state index in [1.807, 2.05) is 47.6 Å². The van der Waals surface area contributed by atoms with Gasteiger partial charge in [-0.3, -0.25) is 5.01 Å². The summed E-state index contributed by atoms with van der Waals surface area (Å²) in [6.45, 7) is 7.15. The van der Waals surface area contributed by atoms with Gasteiger partial charge in [0, 0.05) is 24.8 Å². The number of phenols is 1. The molecule has 1 aromatic carbocycles. The molecular weight excluding hydrogens is 300 g/mol. The van der Waals surface area contributed by atoms with Gasteiger partial charge in [-0.25, -0.2) is 4.98 Å². The fourth-order valence-corrected chi connectivity index (χ4v) is 2.76. The van der Waals surface area contributed by atoms with Crippen LogP contribution in [-0.4, -0.2) is 47.5 Å². The number of allylic oxidation sites excluding steroid dienone is 1. The normalized spacial score (nSPS) is 15.0. The molecule has 0 spiro atoms. The van der Waals surface area contributed by atoms with Gasteiger partial charge in [0.05, 0.1) is 19.3 Å². The number of aromatic hydroxyl groups is 1. The first-order valence-electron chi connectivity index (χ1n) is 8.14. The van der Waals surface area contributed by atoms with Crippen molar-refractivity contribution in [2.75, 3.05) is 31.1 Å². The Kier molecular flexibility index (Phi) is 5.11. The van der Waals surface area contributed by atoms with Crippen LogP contribution in [0.3, 0.4) is 0 Å². The quantitative estimate of drug-likeness (QED) is 0.679. The van der Waals surface area contributed by atoms with Crippen LogP contribution in [0, 0.1) is 0 Å². The Balaban J connectivity index is 1.61. The molecule has 1 aliphatic rings. The lowest BCUT2D eigenvalue weighted by Gasteiger charge is -2.33. The maximum absolute atomic E-state index is 10.3. The zero-order valence-electron chi connectivity index (χ0n) is 13.7. The number of anilines is 1. The van der Waals surface area contributed by atoms with Crippen molar-refractivity contribution in [1.82, 2.24) is 9.99 Å². The lowest BCUT2D eigenvalue weighted by molar-refractivity contribution is 0.271. The van der Waals surface area contributed by atoms with Crippen LogP contribution in [0.1, 0.15) is 11.1 Å². The van der Waals surface area contributed by atoms with E-state index in [0.29, 0.717) is 6.42 Å². The fourth-order valence-electron chi connectivity index (χ4n) is 2.76. The van der Waals surface area contributed by atoms with E-state index in [1.165, 1.54) is 0 Å². The number of para-hydroxylation sites is 1. The van der Waals surface area contributed by atoms with Crippen LogP contribution in [0.15, 0.2) is 60.4 Å². The second-order valence-electron chi connectivity index (χ2n) is 5.72. The predicted octanol–water partition coefficient (Wildman–Crippen LogP) is 2.67. The topological polar surface area (TPSA) is 52.0 Å². The van der Waals surface area contributed by atoms with Crippen LogP contribution in [0.4, 0.5) is 5.82 Å². The molecule has 1 saturated heterocycles. The van der Waals surface area contributed by atoms with Gasteiger partial charge in [0.25, 0.3) is 0 Å². The van der Waals surface area contributed by atoms with Crippen molar-refractivity contribution in [2.45, 2.75) is 6.42 Å². The van der Waals surface area contributed by atoms with Crippen LogP contribution in [-0.2, 0) is 6.42 Å². The molecule has 1 aromatic heterocycles. The Hall–Kier alpha value is -2.82. The third-order valence-electron chi connectivity index (χ3n) is 4.10. The van der Waals surface area contributed by atoms with Crippen molar-refractivity contribution in [3.05, 3.63) is 66.4 Å². The van der Waals surface area contributed by atoms with Crippen LogP contribution in [0.2, 0.25) is 0 Å². The number of aromatic nitrogens is 1. The molecule has 0 bridgehead atoms. The van der Waals surface area contributed by atoms with E-state index in [2.05, 4.69) is 21.6 Å². The van der Waals surface area contributed by atoms with E-state index in [0.717, 1.165) is 43.1 Å². The number of pyridine rings is 1. The van der Waals surface area contributed by atoms with Crippen molar-refractivity contribution in [1.29, 1.82) is 0 Å². The van der Waals surface area contributed by atoms with Gasteiger partial charge in [-0.2, -0.15) is 5.10 Å². The van der Waals surface area contributed by atoms with E-state index in [9.17, 15) is 5.11 Å². The average molecular weight is 322 g/mol. The SMILES string of the molecule is C=CCc1cccc(C=NN2CCN(c3ccccn3)CC2)c1O. The Morgan fingerprint density at radius 3 is 2.67 bits per heavy atom. The standard InChI is InChI=1S/C19H22N4O/c1-2-6-16-7-5-8-17(19(16)24)15-21-23-13-11-22(12-14-23)18-9-3-4-10-20-18/h2-5,7-10,15,24H,1,6,11-14H2. The molecule has 5 heteroatoms. The Bertz CT molecular complexity index is 707. The van der Waals surface area contributed by atoms with E-state index in [-0.39, 0.29) is 5.75 Å². The molecule has 0 unspecified atom stereocenters. The third-order valence-corrected chi connectivity index (χ3v) is 4.10. The number of piperazine rings is 1. The first-order chi connectivity index (χ1) is 11.8. The van der Waals surface area contributed by atoms with Gasteiger partial charge in [0.1, 0.15) is 11.6 Å². The van der Waals surface area contributed by atoms with Crippen LogP contribution in [0.25, 0.3) is 0 Å². The first kappa shape index (κ1) is 16.1. The number of rotatable bonds is 5. The minimum absolute atomic E-state index is 0.285. The fraction of sp³-hybridized carbons (Fsp3) is 0.263. The number of hydrazone groups is 1. The summed E-state index contributed by atoms with van der Waals surface area (Å²) in [6, 6.07) is 11.7. The summed E-state index contributed by atoms with van der Waals surface area (Å²) in [5.41, 5.74) is 1.61. The van der Waals surface area contributed by atoms with Gasteiger partial charge in [-0.15, -0.1) is 6.58 Å². The second-order valence-corrected chi connectivity index (χ2v) is 5.72. The summed E-state index contributed by atoms with van der Waals surface area (Å²) in [5.74, 6) is 1.30. The predicted molar refractivity (Wildman–Crippen MR) is 97.6 cm³/mol. The molecule has 124 valence electrons. The van der Waals surface area contributed by atoms with Gasteiger partial charge in [-0.1, -0.05) is 24.3 Å². The number of phenolic OH excluding ortho intramolecular Hbond substituents is 1. The first-order valence-corrected chi connectivity index (χ1v) is 8.14. The van der Waals surface area contributed by atoms with E-state index >= 15 is 0 Å². The minimum atomic E-state index is 0.285. The molecule has 0 amide bonds. The summed E-state index contributed by atoms with van der Waals surface area (Å²) in [6.07, 6.45) is 5.99. The van der Waals surface area contributed by atoms with Crippen molar-refractivity contribution in [2.24, 2.45) is 5.10 Å². The molecule has 3 rings (SSSR count). The monoisotopic (exact) mass is 322 g/mol. The van der Waals surface area contributed by atoms with Crippen molar-refractivity contribution >= 4 is 12.0 Å². The lowest BCUT2D eigenvalue weighted by Crippen LogP contribution is -2.44. The highest BCUT2D eigenvalue weighted by molar-refractivity contribution is 5.83. The van der Waals surface area contributed by atoms with E-state index in [4.69, 9.17) is 0 Å². The highest BCUT2D eigenvalue weighted by Crippen LogP contribution is 2.22. The molecule has 2 heterocycles. The summed E-state index contributed by atoms with van der Waals surface area (Å²) >= 11 is 0. The van der Waals surface area contributed by atoms with Crippen molar-refractivity contribution in [3.8, 4) is 5.75 Å². The lowest BCUT2D eigenvalue weighted by atomic mass is 10.1. The highest BCUT2D eigenvalue weighted by Gasteiger charge is 2.16. The summed E-state index contributed by atoms with van der Waals surface area (Å²) in [4.78, 5) is 6.65. The summed E-state index contributed by atoms with van der Waals surface area (Å²) in [7, 11) is 0. The van der Waals surface area contributed by atoms with Crippen LogP contribution in [0.5, 0.6) is 5.75 Å². The number of hydrogen-bond acceptors (Lipinski definition) is 5. The average Bonchev–Trinajstić information content (AvgIpc) is 2.64. The molecule has 1 fully saturated rings. The molecule has 0 aliphatic carbocycles. The zero-order valence-corrected chi connectivity index (χ0v) is 13.7. The minimum Gasteiger partial charge on any atom is -0.507 e. The summed E-state index contributed by atoms with van der Waals surface area (Å²) in [5, 5.41) is 16.8. The molecule has 0 atom stereocenters. The Morgan fingerprint density at radius 1 is 1.12 bits per heavy atom. The molecule has 1 N–H and O–H groups in total. The third kappa shape index (κ3) is 3.74. The molecule has 0 radical (unpaired) electrons. The number of benzene rings is 1. The molecule has 24 heavy (non-hydrogen) atoms. The van der Waals surface area contributed by atoms with Gasteiger partial charge in [-0.05, 0) is 30.2 Å². The van der Waals surface area contributed by atoms with Crippen molar-refractivity contribution in [3.63, 3.8) is 0 Å². The van der Waals surface area contributed by atoms with Crippen LogP contribution < -0.4 is 4.90 Å². The maximum Gasteiger partial charge on any atom is 0.128 e. The van der Waals surface area contributed by atoms with E-state index < -0.39 is 0 Å². The molecule has 0 saturated carbocycles. The Labute approximate surface area is 142 Å². The number of hydrogen-bond donors (Lipinski definition) is 1. The molecule has 1 aliphatic heterocycles. The van der Waals surface area contributed by atoms with E-state index in [1.54, 1.807) is 12.3 Å². The smallest absolute Gasteiger partial charge is 0.128 e. The highest BCUT2D eigenvalue weighted by atomic mass is 16.3. The van der Waals surface area contributed by atoms with Gasteiger partial charge >= 0.3 is 0 Å². The largest absolute Gasteiger partial charge is 0.507 e. The van der Waals surface area contributed by atoms with Gasteiger partial charge < -0.3 is 10.0 Å².